The Bertz CT molecular complexity index is 1200. The predicted octanol–water partition coefficient (Wildman–Crippen LogP) is 4.77. The van der Waals surface area contributed by atoms with E-state index in [9.17, 15) is 9.59 Å². The molecule has 2 unspecified atom stereocenters. The van der Waals surface area contributed by atoms with Crippen LogP contribution < -0.4 is 14.8 Å². The van der Waals surface area contributed by atoms with E-state index in [1.54, 1.807) is 31.1 Å². The Morgan fingerprint density at radius 3 is 2.63 bits per heavy atom. The summed E-state index contributed by atoms with van der Waals surface area (Å²) in [6.07, 6.45) is 1.70. The number of aryl methyl sites for hydroxylation is 1. The van der Waals surface area contributed by atoms with Gasteiger partial charge in [0.15, 0.2) is 17.0 Å². The first kappa shape index (κ1) is 24.8. The third kappa shape index (κ3) is 4.91. The minimum Gasteiger partial charge on any atom is -0.493 e. The molecule has 2 aliphatic rings. The third-order valence-electron chi connectivity index (χ3n) is 5.63. The van der Waals surface area contributed by atoms with Gasteiger partial charge < -0.3 is 23.9 Å². The van der Waals surface area contributed by atoms with E-state index in [-0.39, 0.29) is 18.6 Å². The van der Waals surface area contributed by atoms with Crippen molar-refractivity contribution in [3.05, 3.63) is 63.6 Å². The van der Waals surface area contributed by atoms with E-state index in [0.29, 0.717) is 33.4 Å². The van der Waals surface area contributed by atoms with Gasteiger partial charge in [-0.1, -0.05) is 17.8 Å². The Hall–Kier alpha value is -3.33. The molecule has 2 atom stereocenters. The van der Waals surface area contributed by atoms with Gasteiger partial charge in [0.25, 0.3) is 5.91 Å². The van der Waals surface area contributed by atoms with Crippen molar-refractivity contribution in [1.29, 1.82) is 0 Å². The molecule has 2 aromatic rings. The summed E-state index contributed by atoms with van der Waals surface area (Å²) in [4.78, 5) is 28.9. The highest BCUT2D eigenvalue weighted by Crippen LogP contribution is 2.47. The number of methoxy groups -OCH3 is 1. The highest BCUT2D eigenvalue weighted by molar-refractivity contribution is 8.05. The summed E-state index contributed by atoms with van der Waals surface area (Å²) in [6, 6.07) is 8.47. The highest BCUT2D eigenvalue weighted by atomic mass is 32.2. The summed E-state index contributed by atoms with van der Waals surface area (Å²) < 4.78 is 22.5. The molecule has 0 bridgehead atoms. The lowest BCUT2D eigenvalue weighted by Crippen LogP contribution is -2.50. The zero-order valence-electron chi connectivity index (χ0n) is 20.7. The van der Waals surface area contributed by atoms with Gasteiger partial charge >= 0.3 is 5.97 Å². The van der Waals surface area contributed by atoms with Crippen molar-refractivity contribution in [3.8, 4) is 11.5 Å². The average molecular weight is 499 g/mol. The Morgan fingerprint density at radius 1 is 1.23 bits per heavy atom. The maximum atomic E-state index is 13.7. The van der Waals surface area contributed by atoms with Crippen LogP contribution in [-0.4, -0.2) is 42.1 Å². The van der Waals surface area contributed by atoms with Gasteiger partial charge in [-0.2, -0.15) is 0 Å². The third-order valence-corrected chi connectivity index (χ3v) is 6.74. The molecule has 3 heterocycles. The first-order valence-electron chi connectivity index (χ1n) is 11.5. The monoisotopic (exact) mass is 498 g/mol. The van der Waals surface area contributed by atoms with Crippen molar-refractivity contribution < 1.29 is 28.2 Å². The van der Waals surface area contributed by atoms with Crippen molar-refractivity contribution in [2.24, 2.45) is 0 Å². The largest absolute Gasteiger partial charge is 0.493 e. The van der Waals surface area contributed by atoms with Crippen LogP contribution in [0.5, 0.6) is 11.5 Å². The maximum Gasteiger partial charge on any atom is 0.338 e. The Labute approximate surface area is 209 Å². The van der Waals surface area contributed by atoms with Crippen molar-refractivity contribution >= 4 is 29.7 Å². The number of fused-ring (bicyclic) bond motifs is 1. The second kappa shape index (κ2) is 10.1. The minimum atomic E-state index is -0.675. The number of rotatable bonds is 7. The van der Waals surface area contributed by atoms with Crippen LogP contribution in [0.2, 0.25) is 0 Å². The lowest BCUT2D eigenvalue weighted by atomic mass is 9.93. The van der Waals surface area contributed by atoms with Crippen molar-refractivity contribution in [2.45, 2.75) is 52.3 Å². The lowest BCUT2D eigenvalue weighted by molar-refractivity contribution is -0.140. The molecule has 1 saturated heterocycles. The van der Waals surface area contributed by atoms with Gasteiger partial charge in [-0.3, -0.25) is 9.69 Å². The summed E-state index contributed by atoms with van der Waals surface area (Å²) in [7, 11) is 1.56. The summed E-state index contributed by atoms with van der Waals surface area (Å²) in [5.41, 5.74) is 1.36. The van der Waals surface area contributed by atoms with Crippen LogP contribution in [0.4, 0.5) is 0 Å². The van der Waals surface area contributed by atoms with E-state index in [1.807, 2.05) is 52.0 Å². The molecule has 35 heavy (non-hydrogen) atoms. The molecule has 1 aromatic carbocycles. The first-order valence-corrected chi connectivity index (χ1v) is 12.4. The number of esters is 1. The Morgan fingerprint density at radius 2 is 2.00 bits per heavy atom. The number of allylic oxidation sites excluding steroid dienone is 1. The zero-order valence-corrected chi connectivity index (χ0v) is 21.5. The first-order chi connectivity index (χ1) is 16.7. The number of amides is 1. The number of ether oxygens (including phenoxy) is 3. The molecule has 0 radical (unpaired) electrons. The number of thioether (sulfide) groups is 1. The Balaban J connectivity index is 1.80. The second-order valence-electron chi connectivity index (χ2n) is 8.52. The zero-order chi connectivity index (χ0) is 25.3. The Kier molecular flexibility index (Phi) is 7.16. The van der Waals surface area contributed by atoms with Crippen molar-refractivity contribution in [1.82, 2.24) is 10.2 Å². The fourth-order valence-corrected chi connectivity index (χ4v) is 5.38. The van der Waals surface area contributed by atoms with Crippen molar-refractivity contribution in [3.63, 3.8) is 0 Å². The predicted molar refractivity (Wildman–Crippen MR) is 134 cm³/mol. The molecule has 0 spiro atoms. The molecule has 8 nitrogen and oxygen atoms in total. The minimum absolute atomic E-state index is 0.0373. The summed E-state index contributed by atoms with van der Waals surface area (Å²) in [5, 5.41) is 3.30. The van der Waals surface area contributed by atoms with E-state index >= 15 is 0 Å². The fourth-order valence-electron chi connectivity index (χ4n) is 4.18. The quantitative estimate of drug-likeness (QED) is 0.432. The fraction of sp³-hybridized carbons (Fsp3) is 0.385. The number of benzene rings is 1. The van der Waals surface area contributed by atoms with Crippen LogP contribution in [0.3, 0.4) is 0 Å². The average Bonchev–Trinajstić information content (AvgIpc) is 3.35. The van der Waals surface area contributed by atoms with Gasteiger partial charge in [-0.25, -0.2) is 4.79 Å². The van der Waals surface area contributed by atoms with Gasteiger partial charge in [0.05, 0.1) is 36.3 Å². The number of nitrogens with one attached hydrogen (secondary N) is 1. The van der Waals surface area contributed by atoms with E-state index < -0.39 is 17.5 Å². The van der Waals surface area contributed by atoms with E-state index in [0.717, 1.165) is 11.3 Å². The maximum absolute atomic E-state index is 13.7. The van der Waals surface area contributed by atoms with E-state index in [1.165, 1.54) is 11.8 Å². The van der Waals surface area contributed by atoms with Gasteiger partial charge in [-0.15, -0.1) is 0 Å². The molecule has 1 N–H and O–H groups in total. The molecule has 1 amide bonds. The lowest BCUT2D eigenvalue weighted by Gasteiger charge is -2.39. The second-order valence-corrected chi connectivity index (χ2v) is 9.64. The molecule has 186 valence electrons. The molecular weight excluding hydrogens is 468 g/mol. The number of furan rings is 1. The number of carbonyl (C=O) groups excluding carboxylic acids is 2. The summed E-state index contributed by atoms with van der Waals surface area (Å²) in [5.74, 6) is 1.79. The number of hydrogen-bond donors (Lipinski definition) is 1. The molecular formula is C26H30N2O6S. The number of nitrogens with zero attached hydrogens (tertiary/aromatic N) is 1. The van der Waals surface area contributed by atoms with Crippen LogP contribution in [0.15, 0.2) is 50.9 Å². The normalized spacial score (nSPS) is 20.8. The SMILES string of the molecule is CCOC(=O)C1=C(C)NC2S/C(=C\c3ccc(C)o3)C(=O)N2C1c1ccc(OC(C)C)c(OC)c1. The smallest absolute Gasteiger partial charge is 0.338 e. The summed E-state index contributed by atoms with van der Waals surface area (Å²) >= 11 is 1.38. The van der Waals surface area contributed by atoms with Crippen molar-refractivity contribution in [2.75, 3.05) is 13.7 Å². The van der Waals surface area contributed by atoms with Crippen LogP contribution in [-0.2, 0) is 14.3 Å². The van der Waals surface area contributed by atoms with Gasteiger partial charge in [0.2, 0.25) is 0 Å². The van der Waals surface area contributed by atoms with Gasteiger partial charge in [0, 0.05) is 11.8 Å². The van der Waals surface area contributed by atoms with Crippen LogP contribution >= 0.6 is 11.8 Å². The summed E-state index contributed by atoms with van der Waals surface area (Å²) in [6.45, 7) is 9.53. The molecule has 9 heteroatoms. The van der Waals surface area contributed by atoms with E-state index in [4.69, 9.17) is 18.6 Å². The van der Waals surface area contributed by atoms with Crippen LogP contribution in [0, 0.1) is 6.92 Å². The molecule has 0 aliphatic carbocycles. The topological polar surface area (TPSA) is 90.2 Å². The van der Waals surface area contributed by atoms with Gasteiger partial charge in [-0.05, 0) is 64.4 Å². The highest BCUT2D eigenvalue weighted by Gasteiger charge is 2.48. The number of carbonyl (C=O) groups is 2. The standard InChI is InChI=1S/C26H30N2O6S/c1-7-32-25(30)22-16(5)27-26-28(24(29)21(35-26)13-18-10-8-15(4)34-18)23(22)17-9-11-19(33-14(2)3)20(12-17)31-6/h8-14,23,26-27H,7H2,1-6H3/b21-13-. The molecule has 4 rings (SSSR count). The van der Waals surface area contributed by atoms with Gasteiger partial charge in [0.1, 0.15) is 11.5 Å². The van der Waals surface area contributed by atoms with E-state index in [2.05, 4.69) is 5.32 Å². The molecule has 2 aliphatic heterocycles. The molecule has 1 aromatic heterocycles. The number of hydrogen-bond acceptors (Lipinski definition) is 8. The molecule has 0 saturated carbocycles. The van der Waals surface area contributed by atoms with Crippen LogP contribution in [0.25, 0.3) is 6.08 Å². The van der Waals surface area contributed by atoms with Crippen LogP contribution in [0.1, 0.15) is 50.8 Å². The molecule has 1 fully saturated rings.